The topological polar surface area (TPSA) is 113 Å². The first kappa shape index (κ1) is 31.7. The number of ether oxygens (including phenoxy) is 2. The van der Waals surface area contributed by atoms with Crippen LogP contribution in [0, 0.1) is 12.7 Å². The summed E-state index contributed by atoms with van der Waals surface area (Å²) in [6.07, 6.45) is -2.80. The lowest BCUT2D eigenvalue weighted by Gasteiger charge is -2.28. The second-order valence-electron chi connectivity index (χ2n) is 10.8. The number of halogens is 4. The third-order valence-corrected chi connectivity index (χ3v) is 6.55. The highest BCUT2D eigenvalue weighted by atomic mass is 19.4. The number of nitrogens with zero attached hydrogens (tertiary/aromatic N) is 6. The zero-order valence-corrected chi connectivity index (χ0v) is 25.1. The number of aromatic nitrogens is 5. The zero-order valence-electron chi connectivity index (χ0n) is 25.1. The van der Waals surface area contributed by atoms with Crippen molar-refractivity contribution in [3.05, 3.63) is 58.9 Å². The number of aryl methyl sites for hydroxylation is 2. The van der Waals surface area contributed by atoms with Crippen LogP contribution in [0.15, 0.2) is 30.6 Å². The molecule has 232 valence electrons. The van der Waals surface area contributed by atoms with Gasteiger partial charge in [0.05, 0.1) is 35.8 Å². The smallest absolute Gasteiger partial charge is 0.417 e. The number of anilines is 1. The summed E-state index contributed by atoms with van der Waals surface area (Å²) in [4.78, 5) is 23.4. The second-order valence-corrected chi connectivity index (χ2v) is 10.8. The number of rotatable bonds is 5. The van der Waals surface area contributed by atoms with E-state index in [2.05, 4.69) is 15.1 Å². The van der Waals surface area contributed by atoms with Crippen molar-refractivity contribution in [2.75, 3.05) is 11.5 Å². The van der Waals surface area contributed by atoms with Gasteiger partial charge in [0.25, 0.3) is 0 Å². The molecule has 0 spiro atoms. The molecule has 1 aliphatic rings. The maximum absolute atomic E-state index is 15.2. The molecule has 1 aliphatic heterocycles. The highest BCUT2D eigenvalue weighted by molar-refractivity contribution is 5.87. The van der Waals surface area contributed by atoms with Gasteiger partial charge in [-0.25, -0.2) is 24.1 Å². The van der Waals surface area contributed by atoms with Gasteiger partial charge < -0.3 is 15.2 Å². The Morgan fingerprint density at radius 2 is 1.93 bits per heavy atom. The fourth-order valence-corrected chi connectivity index (χ4v) is 4.72. The molecule has 1 atom stereocenters. The van der Waals surface area contributed by atoms with E-state index in [-0.39, 0.29) is 23.7 Å². The first-order chi connectivity index (χ1) is 20.1. The average Bonchev–Trinajstić information content (AvgIpc) is 3.65. The summed E-state index contributed by atoms with van der Waals surface area (Å²) >= 11 is 0. The molecule has 4 heterocycles. The van der Waals surface area contributed by atoms with Gasteiger partial charge in [0.15, 0.2) is 5.65 Å². The number of hydrogen-bond donors (Lipinski definition) is 1. The van der Waals surface area contributed by atoms with Crippen LogP contribution < -0.4 is 15.4 Å². The Labute approximate surface area is 246 Å². The number of imidazole rings is 1. The van der Waals surface area contributed by atoms with Crippen molar-refractivity contribution >= 4 is 17.7 Å². The van der Waals surface area contributed by atoms with Gasteiger partial charge in [0.1, 0.15) is 23.2 Å². The van der Waals surface area contributed by atoms with E-state index in [1.54, 1.807) is 45.5 Å². The lowest BCUT2D eigenvalue weighted by atomic mass is 10.0. The summed E-state index contributed by atoms with van der Waals surface area (Å²) in [7, 11) is 1.67. The molecule has 1 amide bonds. The molecular formula is C29H35F4N7O3. The zero-order chi connectivity index (χ0) is 31.9. The standard InChI is InChI=1S/C27H29F4N7O3.C2H6/c1-14-10-20(36(5)35-14)16-11-33-24(37-13-19(34-23(16)37)22(32)27(29,30)31)38(25(39)41-26(2,3)4)12-17-15-8-9-40-21(15)7-6-18(17)28;1-2/h6-7,10-11,13,22H,8-9,12,32H2,1-5H3;1-2H3. The van der Waals surface area contributed by atoms with E-state index in [1.807, 2.05) is 13.8 Å². The molecule has 0 radical (unpaired) electrons. The van der Waals surface area contributed by atoms with Crippen molar-refractivity contribution < 1.29 is 31.8 Å². The molecule has 43 heavy (non-hydrogen) atoms. The Morgan fingerprint density at radius 1 is 1.23 bits per heavy atom. The van der Waals surface area contributed by atoms with Gasteiger partial charge in [-0.1, -0.05) is 13.8 Å². The van der Waals surface area contributed by atoms with Gasteiger partial charge in [-0.15, -0.1) is 0 Å². The van der Waals surface area contributed by atoms with Crippen LogP contribution in [0.1, 0.15) is 63.2 Å². The maximum Gasteiger partial charge on any atom is 0.417 e. The molecule has 5 rings (SSSR count). The highest BCUT2D eigenvalue weighted by Gasteiger charge is 2.40. The van der Waals surface area contributed by atoms with Crippen LogP contribution in [-0.4, -0.2) is 48.6 Å². The Kier molecular flexibility index (Phi) is 8.72. The Morgan fingerprint density at radius 3 is 2.53 bits per heavy atom. The summed E-state index contributed by atoms with van der Waals surface area (Å²) in [5.41, 5.74) is 6.44. The normalized spacial score (nSPS) is 13.7. The number of hydrogen-bond acceptors (Lipinski definition) is 7. The van der Waals surface area contributed by atoms with E-state index in [9.17, 15) is 18.0 Å². The molecule has 0 fully saturated rings. The van der Waals surface area contributed by atoms with Crippen molar-refractivity contribution in [3.8, 4) is 17.0 Å². The Bertz CT molecular complexity index is 1640. The van der Waals surface area contributed by atoms with E-state index >= 15 is 4.39 Å². The van der Waals surface area contributed by atoms with Crippen molar-refractivity contribution in [2.45, 2.75) is 72.3 Å². The lowest BCUT2D eigenvalue weighted by Crippen LogP contribution is -2.38. The minimum absolute atomic E-state index is 0.0448. The SMILES string of the molecule is CC.Cc1cc(-c2cnc(N(Cc3c(F)ccc4c3CCO4)C(=O)OC(C)(C)C)n3cc(C(N)C(F)(F)F)nc23)n(C)n1. The number of fused-ring (bicyclic) bond motifs is 2. The predicted octanol–water partition coefficient (Wildman–Crippen LogP) is 6.04. The van der Waals surface area contributed by atoms with E-state index in [0.29, 0.717) is 41.3 Å². The minimum atomic E-state index is -4.78. The summed E-state index contributed by atoms with van der Waals surface area (Å²) in [5.74, 6) is -0.223. The third kappa shape index (κ3) is 6.43. The van der Waals surface area contributed by atoms with Crippen LogP contribution in [0.4, 0.5) is 28.3 Å². The van der Waals surface area contributed by atoms with Gasteiger partial charge in [-0.05, 0) is 45.9 Å². The lowest BCUT2D eigenvalue weighted by molar-refractivity contribution is -0.149. The molecule has 0 saturated carbocycles. The first-order valence-electron chi connectivity index (χ1n) is 13.8. The van der Waals surface area contributed by atoms with Crippen LogP contribution in [0.5, 0.6) is 5.75 Å². The van der Waals surface area contributed by atoms with Crippen LogP contribution in [0.25, 0.3) is 16.9 Å². The second kappa shape index (κ2) is 11.8. The van der Waals surface area contributed by atoms with Crippen LogP contribution in [-0.2, 0) is 24.8 Å². The number of alkyl halides is 3. The van der Waals surface area contributed by atoms with Crippen LogP contribution in [0.3, 0.4) is 0 Å². The molecule has 0 bridgehead atoms. The molecular weight excluding hydrogens is 570 g/mol. The minimum Gasteiger partial charge on any atom is -0.493 e. The molecule has 10 nitrogen and oxygen atoms in total. The summed E-state index contributed by atoms with van der Waals surface area (Å²) in [6, 6.07) is 2.07. The fraction of sp³-hybridized carbons (Fsp3) is 0.448. The molecule has 0 saturated heterocycles. The number of nitrogens with two attached hydrogens (primary N) is 1. The molecule has 3 aromatic heterocycles. The molecule has 4 aromatic rings. The van der Waals surface area contributed by atoms with Gasteiger partial charge >= 0.3 is 12.3 Å². The first-order valence-corrected chi connectivity index (χ1v) is 13.8. The van der Waals surface area contributed by atoms with Crippen molar-refractivity contribution in [1.82, 2.24) is 24.1 Å². The van der Waals surface area contributed by atoms with E-state index in [4.69, 9.17) is 15.2 Å². The van der Waals surface area contributed by atoms with E-state index in [0.717, 1.165) is 11.1 Å². The number of carbonyl (C=O) groups is 1. The Hall–Kier alpha value is -4.20. The monoisotopic (exact) mass is 605 g/mol. The van der Waals surface area contributed by atoms with Gasteiger partial charge in [-0.2, -0.15) is 18.3 Å². The molecule has 2 N–H and O–H groups in total. The molecule has 0 aliphatic carbocycles. The quantitative estimate of drug-likeness (QED) is 0.276. The predicted molar refractivity (Wildman–Crippen MR) is 152 cm³/mol. The average molecular weight is 606 g/mol. The maximum atomic E-state index is 15.2. The van der Waals surface area contributed by atoms with Crippen molar-refractivity contribution in [1.29, 1.82) is 0 Å². The van der Waals surface area contributed by atoms with Crippen molar-refractivity contribution in [3.63, 3.8) is 0 Å². The van der Waals surface area contributed by atoms with E-state index in [1.165, 1.54) is 22.7 Å². The highest BCUT2D eigenvalue weighted by Crippen LogP contribution is 2.36. The number of amides is 1. The van der Waals surface area contributed by atoms with Gasteiger partial charge in [0, 0.05) is 37.0 Å². The summed E-state index contributed by atoms with van der Waals surface area (Å²) < 4.78 is 70.1. The van der Waals surface area contributed by atoms with Gasteiger partial charge in [-0.3, -0.25) is 9.08 Å². The van der Waals surface area contributed by atoms with E-state index < -0.39 is 35.4 Å². The molecule has 1 unspecified atom stereocenters. The third-order valence-electron chi connectivity index (χ3n) is 6.55. The summed E-state index contributed by atoms with van der Waals surface area (Å²) in [5, 5.41) is 4.31. The Balaban J connectivity index is 0.00000207. The molecule has 1 aromatic carbocycles. The molecule has 14 heteroatoms. The van der Waals surface area contributed by atoms with Gasteiger partial charge in [0.2, 0.25) is 5.95 Å². The number of benzene rings is 1. The largest absolute Gasteiger partial charge is 0.493 e. The summed E-state index contributed by atoms with van der Waals surface area (Å²) in [6.45, 7) is 10.8. The number of carbonyl (C=O) groups excluding carboxylic acids is 1. The fourth-order valence-electron chi connectivity index (χ4n) is 4.72. The van der Waals surface area contributed by atoms with Crippen LogP contribution >= 0.6 is 0 Å². The van der Waals surface area contributed by atoms with Crippen LogP contribution in [0.2, 0.25) is 0 Å². The van der Waals surface area contributed by atoms with Crippen molar-refractivity contribution in [2.24, 2.45) is 12.8 Å².